The Morgan fingerprint density at radius 2 is 0.923 bits per heavy atom. The zero-order valence-corrected chi connectivity index (χ0v) is 8.41. The highest BCUT2D eigenvalue weighted by molar-refractivity contribution is 5.10. The number of hydrogen-bond acceptors (Lipinski definition) is 0. The standard InChI is InChI=1S/C13H20/c1-2-4-6-8-10-12-13-11-9-7-5-3-1/h1-6H,7-13H2/b2-1?,5-3-,6-4?. The fraction of sp³-hybridized carbons (Fsp3) is 0.538. The van der Waals surface area contributed by atoms with Crippen LogP contribution in [0.25, 0.3) is 0 Å². The van der Waals surface area contributed by atoms with Gasteiger partial charge in [0, 0.05) is 0 Å². The van der Waals surface area contributed by atoms with Crippen LogP contribution < -0.4 is 0 Å². The normalized spacial score (nSPS) is 22.8. The molecule has 0 fully saturated rings. The Bertz CT molecular complexity index is 164. The van der Waals surface area contributed by atoms with E-state index in [0.717, 1.165) is 0 Å². The summed E-state index contributed by atoms with van der Waals surface area (Å²) in [6.45, 7) is 0. The molecule has 0 spiro atoms. The highest BCUT2D eigenvalue weighted by Gasteiger charge is 1.88. The lowest BCUT2D eigenvalue weighted by atomic mass is 10.1. The van der Waals surface area contributed by atoms with Gasteiger partial charge in [-0.2, -0.15) is 0 Å². The Hall–Kier alpha value is -0.780. The Balaban J connectivity index is 2.29. The van der Waals surface area contributed by atoms with Gasteiger partial charge < -0.3 is 0 Å². The van der Waals surface area contributed by atoms with Gasteiger partial charge in [-0.15, -0.1) is 0 Å². The maximum atomic E-state index is 2.27. The average molecular weight is 176 g/mol. The Morgan fingerprint density at radius 3 is 1.46 bits per heavy atom. The quantitative estimate of drug-likeness (QED) is 0.513. The maximum Gasteiger partial charge on any atom is -0.0348 e. The van der Waals surface area contributed by atoms with Crippen LogP contribution in [0.1, 0.15) is 44.9 Å². The molecular weight excluding hydrogens is 156 g/mol. The van der Waals surface area contributed by atoms with E-state index in [1.807, 2.05) is 0 Å². The van der Waals surface area contributed by atoms with Crippen LogP contribution in [0.2, 0.25) is 0 Å². The lowest BCUT2D eigenvalue weighted by Gasteiger charge is -1.97. The molecule has 0 atom stereocenters. The third kappa shape index (κ3) is 6.39. The van der Waals surface area contributed by atoms with E-state index in [2.05, 4.69) is 36.5 Å². The largest absolute Gasteiger partial charge is 0.0845 e. The van der Waals surface area contributed by atoms with Crippen molar-refractivity contribution in [2.45, 2.75) is 44.9 Å². The second-order valence-electron chi connectivity index (χ2n) is 3.59. The summed E-state index contributed by atoms with van der Waals surface area (Å²) in [5, 5.41) is 0. The van der Waals surface area contributed by atoms with E-state index in [4.69, 9.17) is 0 Å². The molecule has 0 aromatic carbocycles. The smallest absolute Gasteiger partial charge is 0.0348 e. The molecule has 0 N–H and O–H groups in total. The summed E-state index contributed by atoms with van der Waals surface area (Å²) in [4.78, 5) is 0. The number of hydrogen-bond donors (Lipinski definition) is 0. The molecule has 0 aliphatic heterocycles. The molecule has 0 saturated heterocycles. The van der Waals surface area contributed by atoms with Gasteiger partial charge in [0.05, 0.1) is 0 Å². The summed E-state index contributed by atoms with van der Waals surface area (Å²) < 4.78 is 0. The van der Waals surface area contributed by atoms with Crippen LogP contribution in [0.5, 0.6) is 0 Å². The van der Waals surface area contributed by atoms with Crippen molar-refractivity contribution >= 4 is 0 Å². The minimum atomic E-state index is 1.24. The van der Waals surface area contributed by atoms with Gasteiger partial charge in [0.1, 0.15) is 0 Å². The summed E-state index contributed by atoms with van der Waals surface area (Å²) in [6.07, 6.45) is 22.5. The van der Waals surface area contributed by atoms with Gasteiger partial charge in [0.2, 0.25) is 0 Å². The van der Waals surface area contributed by atoms with Gasteiger partial charge in [0.25, 0.3) is 0 Å². The molecule has 1 aliphatic carbocycles. The van der Waals surface area contributed by atoms with Gasteiger partial charge in [-0.05, 0) is 25.7 Å². The fourth-order valence-corrected chi connectivity index (χ4v) is 1.53. The molecule has 1 aliphatic rings. The summed E-state index contributed by atoms with van der Waals surface area (Å²) in [6, 6.07) is 0. The molecule has 0 radical (unpaired) electrons. The minimum Gasteiger partial charge on any atom is -0.0845 e. The third-order valence-corrected chi connectivity index (χ3v) is 2.35. The van der Waals surface area contributed by atoms with Crippen LogP contribution in [0.15, 0.2) is 36.5 Å². The fourth-order valence-electron chi connectivity index (χ4n) is 1.53. The Morgan fingerprint density at radius 1 is 0.462 bits per heavy atom. The molecule has 0 heterocycles. The van der Waals surface area contributed by atoms with Crippen molar-refractivity contribution in [3.8, 4) is 0 Å². The molecule has 0 heteroatoms. The predicted molar refractivity (Wildman–Crippen MR) is 59.7 cm³/mol. The van der Waals surface area contributed by atoms with E-state index < -0.39 is 0 Å². The zero-order valence-electron chi connectivity index (χ0n) is 8.41. The topological polar surface area (TPSA) is 0 Å². The summed E-state index contributed by atoms with van der Waals surface area (Å²) >= 11 is 0. The molecule has 13 heavy (non-hydrogen) atoms. The van der Waals surface area contributed by atoms with E-state index in [1.54, 1.807) is 0 Å². The van der Waals surface area contributed by atoms with Gasteiger partial charge in [-0.1, -0.05) is 55.7 Å². The Kier molecular flexibility index (Phi) is 6.22. The van der Waals surface area contributed by atoms with Crippen molar-refractivity contribution in [2.24, 2.45) is 0 Å². The second-order valence-corrected chi connectivity index (χ2v) is 3.59. The van der Waals surface area contributed by atoms with Crippen molar-refractivity contribution in [1.29, 1.82) is 0 Å². The SMILES string of the molecule is C1=C/C=C\CCCCCCCC=C1. The van der Waals surface area contributed by atoms with Crippen LogP contribution in [0.4, 0.5) is 0 Å². The van der Waals surface area contributed by atoms with Crippen LogP contribution in [-0.4, -0.2) is 0 Å². The molecule has 0 amide bonds. The van der Waals surface area contributed by atoms with Crippen molar-refractivity contribution in [3.63, 3.8) is 0 Å². The van der Waals surface area contributed by atoms with Crippen molar-refractivity contribution in [3.05, 3.63) is 36.5 Å². The van der Waals surface area contributed by atoms with Crippen LogP contribution >= 0.6 is 0 Å². The summed E-state index contributed by atoms with van der Waals surface area (Å²) in [5.74, 6) is 0. The first-order chi connectivity index (χ1) is 6.50. The van der Waals surface area contributed by atoms with E-state index >= 15 is 0 Å². The molecule has 0 bridgehead atoms. The lowest BCUT2D eigenvalue weighted by molar-refractivity contribution is 0.622. The molecule has 0 unspecified atom stereocenters. The molecule has 0 saturated carbocycles. The molecule has 0 nitrogen and oxygen atoms in total. The minimum absolute atomic E-state index is 1.24. The monoisotopic (exact) mass is 176 g/mol. The van der Waals surface area contributed by atoms with Crippen molar-refractivity contribution in [1.82, 2.24) is 0 Å². The van der Waals surface area contributed by atoms with Crippen LogP contribution in [0, 0.1) is 0 Å². The van der Waals surface area contributed by atoms with E-state index in [0.29, 0.717) is 0 Å². The number of rotatable bonds is 0. The summed E-state index contributed by atoms with van der Waals surface area (Å²) in [5.41, 5.74) is 0. The highest BCUT2D eigenvalue weighted by atomic mass is 13.9. The first-order valence-corrected chi connectivity index (χ1v) is 5.48. The summed E-state index contributed by atoms with van der Waals surface area (Å²) in [7, 11) is 0. The second kappa shape index (κ2) is 7.85. The van der Waals surface area contributed by atoms with Gasteiger partial charge in [0.15, 0.2) is 0 Å². The van der Waals surface area contributed by atoms with Crippen molar-refractivity contribution in [2.75, 3.05) is 0 Å². The lowest BCUT2D eigenvalue weighted by Crippen LogP contribution is -1.77. The zero-order chi connectivity index (χ0) is 9.19. The third-order valence-electron chi connectivity index (χ3n) is 2.35. The van der Waals surface area contributed by atoms with E-state index in [-0.39, 0.29) is 0 Å². The maximum absolute atomic E-state index is 2.27. The van der Waals surface area contributed by atoms with Crippen LogP contribution in [-0.2, 0) is 0 Å². The Labute approximate surface area is 82.0 Å². The molecule has 0 aromatic rings. The predicted octanol–water partition coefficient (Wildman–Crippen LogP) is 4.40. The molecule has 1 rings (SSSR count). The first kappa shape index (κ1) is 10.3. The molecular formula is C13H20. The highest BCUT2D eigenvalue weighted by Crippen LogP contribution is 2.08. The van der Waals surface area contributed by atoms with Crippen LogP contribution in [0.3, 0.4) is 0 Å². The van der Waals surface area contributed by atoms with E-state index in [9.17, 15) is 0 Å². The van der Waals surface area contributed by atoms with E-state index in [1.165, 1.54) is 44.9 Å². The number of allylic oxidation sites excluding steroid dienone is 6. The van der Waals surface area contributed by atoms with Gasteiger partial charge >= 0.3 is 0 Å². The average Bonchev–Trinajstić information content (AvgIpc) is 2.18. The molecule has 72 valence electrons. The van der Waals surface area contributed by atoms with Gasteiger partial charge in [-0.3, -0.25) is 0 Å². The molecule has 0 aromatic heterocycles. The van der Waals surface area contributed by atoms with Gasteiger partial charge in [-0.25, -0.2) is 0 Å². The first-order valence-electron chi connectivity index (χ1n) is 5.48. The van der Waals surface area contributed by atoms with Crippen molar-refractivity contribution < 1.29 is 0 Å².